The van der Waals surface area contributed by atoms with E-state index >= 15 is 0 Å². The minimum Gasteiger partial charge on any atom is -0.127 e. The van der Waals surface area contributed by atoms with Crippen LogP contribution in [0.5, 0.6) is 0 Å². The third kappa shape index (κ3) is 2.45. The van der Waals surface area contributed by atoms with Crippen molar-refractivity contribution < 1.29 is 0 Å². The van der Waals surface area contributed by atoms with Gasteiger partial charge >= 0.3 is 0 Å². The van der Waals surface area contributed by atoms with Crippen molar-refractivity contribution in [3.8, 4) is 0 Å². The van der Waals surface area contributed by atoms with Gasteiger partial charge in [-0.2, -0.15) is 0 Å². The maximum Gasteiger partial charge on any atom is 0.0960 e. The van der Waals surface area contributed by atoms with Crippen LogP contribution in [0.1, 0.15) is 20.8 Å². The highest BCUT2D eigenvalue weighted by molar-refractivity contribution is 9.09. The van der Waals surface area contributed by atoms with E-state index in [-0.39, 0.29) is 4.83 Å². The first-order chi connectivity index (χ1) is 9.16. The van der Waals surface area contributed by atoms with Gasteiger partial charge in [0, 0.05) is 4.88 Å². The first-order valence-electron chi connectivity index (χ1n) is 6.04. The third-order valence-electron chi connectivity index (χ3n) is 3.22. The fourth-order valence-corrected chi connectivity index (χ4v) is 4.26. The van der Waals surface area contributed by atoms with E-state index in [4.69, 9.17) is 11.6 Å². The molecule has 0 saturated heterocycles. The van der Waals surface area contributed by atoms with Crippen LogP contribution in [0, 0.1) is 6.92 Å². The molecule has 96 valence electrons. The van der Waals surface area contributed by atoms with Crippen molar-refractivity contribution in [2.45, 2.75) is 11.8 Å². The molecule has 0 spiro atoms. The van der Waals surface area contributed by atoms with Crippen LogP contribution >= 0.6 is 38.9 Å². The predicted octanol–water partition coefficient (Wildman–Crippen LogP) is 6.35. The lowest BCUT2D eigenvalue weighted by Gasteiger charge is -2.11. The molecule has 3 heteroatoms. The van der Waals surface area contributed by atoms with Crippen LogP contribution in [0.2, 0.25) is 4.34 Å². The standard InChI is InChI=1S/C16H12BrClS/c1-10-9-14(19-16(10)18)15(17)13-8-4-6-11-5-2-3-7-12(11)13/h2-9,15H,1H3. The molecule has 2 aromatic carbocycles. The first kappa shape index (κ1) is 13.2. The average Bonchev–Trinajstić information content (AvgIpc) is 2.77. The second-order valence-electron chi connectivity index (χ2n) is 4.54. The van der Waals surface area contributed by atoms with E-state index in [0.717, 1.165) is 9.90 Å². The zero-order valence-corrected chi connectivity index (χ0v) is 13.5. The molecule has 3 aromatic rings. The molecule has 0 aliphatic carbocycles. The SMILES string of the molecule is Cc1cc(C(Br)c2cccc3ccccc23)sc1Cl. The molecule has 0 saturated carbocycles. The van der Waals surface area contributed by atoms with Crippen LogP contribution in [0.25, 0.3) is 10.8 Å². The molecule has 19 heavy (non-hydrogen) atoms. The first-order valence-corrected chi connectivity index (χ1v) is 8.15. The van der Waals surface area contributed by atoms with Gasteiger partial charge in [0.1, 0.15) is 0 Å². The van der Waals surface area contributed by atoms with Crippen molar-refractivity contribution in [1.82, 2.24) is 0 Å². The van der Waals surface area contributed by atoms with Crippen LogP contribution in [-0.2, 0) is 0 Å². The summed E-state index contributed by atoms with van der Waals surface area (Å²) in [4.78, 5) is 1.44. The zero-order chi connectivity index (χ0) is 13.4. The molecule has 0 amide bonds. The van der Waals surface area contributed by atoms with E-state index in [1.54, 1.807) is 11.3 Å². The summed E-state index contributed by atoms with van der Waals surface area (Å²) in [6, 6.07) is 17.0. The van der Waals surface area contributed by atoms with Gasteiger partial charge in [-0.25, -0.2) is 0 Å². The van der Waals surface area contributed by atoms with Crippen molar-refractivity contribution >= 4 is 49.6 Å². The van der Waals surface area contributed by atoms with E-state index in [1.165, 1.54) is 21.2 Å². The normalized spacial score (nSPS) is 12.8. The Bertz CT molecular complexity index is 708. The van der Waals surface area contributed by atoms with Crippen LogP contribution < -0.4 is 0 Å². The molecule has 0 aliphatic heterocycles. The lowest BCUT2D eigenvalue weighted by atomic mass is 10.0. The highest BCUT2D eigenvalue weighted by Crippen LogP contribution is 2.41. The lowest BCUT2D eigenvalue weighted by molar-refractivity contribution is 1.24. The summed E-state index contributed by atoms with van der Waals surface area (Å²) in [5.74, 6) is 0. The predicted molar refractivity (Wildman–Crippen MR) is 88.8 cm³/mol. The number of hydrogen-bond donors (Lipinski definition) is 0. The zero-order valence-electron chi connectivity index (χ0n) is 10.4. The van der Waals surface area contributed by atoms with Gasteiger partial charge in [0.15, 0.2) is 0 Å². The fourth-order valence-electron chi connectivity index (χ4n) is 2.23. The van der Waals surface area contributed by atoms with Gasteiger partial charge in [0.05, 0.1) is 9.16 Å². The molecule has 1 unspecified atom stereocenters. The molecule has 0 radical (unpaired) electrons. The van der Waals surface area contributed by atoms with E-state index < -0.39 is 0 Å². The molecule has 0 aliphatic rings. The van der Waals surface area contributed by atoms with E-state index in [2.05, 4.69) is 64.5 Å². The van der Waals surface area contributed by atoms with Gasteiger partial charge in [0.25, 0.3) is 0 Å². The topological polar surface area (TPSA) is 0 Å². The summed E-state index contributed by atoms with van der Waals surface area (Å²) in [7, 11) is 0. The van der Waals surface area contributed by atoms with Gasteiger partial charge in [0.2, 0.25) is 0 Å². The molecule has 1 aromatic heterocycles. The Labute approximate surface area is 130 Å². The fraction of sp³-hybridized carbons (Fsp3) is 0.125. The molecule has 3 rings (SSSR count). The van der Waals surface area contributed by atoms with Gasteiger partial charge in [-0.05, 0) is 34.9 Å². The Morgan fingerprint density at radius 1 is 1.11 bits per heavy atom. The van der Waals surface area contributed by atoms with Gasteiger partial charge in [-0.1, -0.05) is 70.0 Å². The summed E-state index contributed by atoms with van der Waals surface area (Å²) in [5.41, 5.74) is 2.43. The maximum absolute atomic E-state index is 6.18. The number of thiophene rings is 1. The minimum absolute atomic E-state index is 0.190. The Morgan fingerprint density at radius 2 is 1.84 bits per heavy atom. The van der Waals surface area contributed by atoms with Crippen molar-refractivity contribution in [2.24, 2.45) is 0 Å². The van der Waals surface area contributed by atoms with Gasteiger partial charge in [-0.3, -0.25) is 0 Å². The Balaban J connectivity index is 2.13. The molecule has 1 heterocycles. The molecule has 0 nitrogen and oxygen atoms in total. The number of aryl methyl sites for hydroxylation is 1. The smallest absolute Gasteiger partial charge is 0.0960 e. The summed E-state index contributed by atoms with van der Waals surface area (Å²) in [5, 5.41) is 2.55. The van der Waals surface area contributed by atoms with Gasteiger partial charge in [-0.15, -0.1) is 11.3 Å². The average molecular weight is 352 g/mol. The van der Waals surface area contributed by atoms with Crippen molar-refractivity contribution in [3.63, 3.8) is 0 Å². The molecule has 1 atom stereocenters. The minimum atomic E-state index is 0.190. The second kappa shape index (κ2) is 5.28. The highest BCUT2D eigenvalue weighted by Gasteiger charge is 2.16. The maximum atomic E-state index is 6.18. The number of alkyl halides is 1. The number of rotatable bonds is 2. The number of hydrogen-bond acceptors (Lipinski definition) is 1. The second-order valence-corrected chi connectivity index (χ2v) is 7.14. The Hall–Kier alpha value is -0.830. The molecule has 0 bridgehead atoms. The summed E-state index contributed by atoms with van der Waals surface area (Å²) in [6.07, 6.45) is 0. The van der Waals surface area contributed by atoms with Gasteiger partial charge < -0.3 is 0 Å². The summed E-state index contributed by atoms with van der Waals surface area (Å²) < 4.78 is 0.875. The number of halogens is 2. The van der Waals surface area contributed by atoms with Crippen molar-refractivity contribution in [2.75, 3.05) is 0 Å². The highest BCUT2D eigenvalue weighted by atomic mass is 79.9. The molecule has 0 N–H and O–H groups in total. The summed E-state index contributed by atoms with van der Waals surface area (Å²) in [6.45, 7) is 2.05. The Kier molecular flexibility index (Phi) is 3.66. The quantitative estimate of drug-likeness (QED) is 0.472. The molecular formula is C16H12BrClS. The van der Waals surface area contributed by atoms with Crippen molar-refractivity contribution in [3.05, 3.63) is 68.9 Å². The molecule has 0 fully saturated rings. The number of benzene rings is 2. The largest absolute Gasteiger partial charge is 0.127 e. The Morgan fingerprint density at radius 3 is 2.58 bits per heavy atom. The summed E-state index contributed by atoms with van der Waals surface area (Å²) >= 11 is 11.6. The third-order valence-corrected chi connectivity index (χ3v) is 6.13. The van der Waals surface area contributed by atoms with Crippen LogP contribution in [0.4, 0.5) is 0 Å². The van der Waals surface area contributed by atoms with E-state index in [9.17, 15) is 0 Å². The van der Waals surface area contributed by atoms with E-state index in [0.29, 0.717) is 0 Å². The van der Waals surface area contributed by atoms with E-state index in [1.807, 2.05) is 6.92 Å². The number of fused-ring (bicyclic) bond motifs is 1. The van der Waals surface area contributed by atoms with Crippen LogP contribution in [-0.4, -0.2) is 0 Å². The van der Waals surface area contributed by atoms with Crippen molar-refractivity contribution in [1.29, 1.82) is 0 Å². The monoisotopic (exact) mass is 350 g/mol. The van der Waals surface area contributed by atoms with Crippen LogP contribution in [0.3, 0.4) is 0 Å². The molecular weight excluding hydrogens is 340 g/mol. The van der Waals surface area contributed by atoms with Crippen LogP contribution in [0.15, 0.2) is 48.5 Å². The lowest BCUT2D eigenvalue weighted by Crippen LogP contribution is -1.91.